The molecule has 2 aromatic rings. The van der Waals surface area contributed by atoms with E-state index in [2.05, 4.69) is 0 Å². The Labute approximate surface area is 181 Å². The maximum Gasteiger partial charge on any atom is 0.197 e. The zero-order valence-electron chi connectivity index (χ0n) is 18.0. The number of aliphatic hydroxyl groups excluding tert-OH is 1. The molecule has 4 heteroatoms. The summed E-state index contributed by atoms with van der Waals surface area (Å²) in [6.07, 6.45) is 5.42. The standard InChI is InChI=1S/C27H24O4/c1-26(2,15-20-22(28)16-9-5-6-10-17(16)23(20)29)13-14-27(3,4)21-24(30)18-11-7-8-12-19(18)25(21)31/h5-15,30H,1-4H3. The third-order valence-corrected chi connectivity index (χ3v) is 5.89. The highest BCUT2D eigenvalue weighted by molar-refractivity contribution is 6.39. The molecule has 0 heterocycles. The first-order valence-corrected chi connectivity index (χ1v) is 10.2. The second-order valence-corrected chi connectivity index (χ2v) is 9.24. The van der Waals surface area contributed by atoms with Gasteiger partial charge >= 0.3 is 0 Å². The van der Waals surface area contributed by atoms with Crippen molar-refractivity contribution < 1.29 is 19.5 Å². The van der Waals surface area contributed by atoms with E-state index in [0.717, 1.165) is 0 Å². The summed E-state index contributed by atoms with van der Waals surface area (Å²) in [5.74, 6) is -0.704. The van der Waals surface area contributed by atoms with Gasteiger partial charge in [0.25, 0.3) is 0 Å². The van der Waals surface area contributed by atoms with Crippen LogP contribution in [0.5, 0.6) is 0 Å². The molecule has 0 saturated carbocycles. The largest absolute Gasteiger partial charge is 0.507 e. The van der Waals surface area contributed by atoms with E-state index < -0.39 is 10.8 Å². The van der Waals surface area contributed by atoms with E-state index in [0.29, 0.717) is 27.8 Å². The number of allylic oxidation sites excluding steroid dienone is 5. The van der Waals surface area contributed by atoms with Gasteiger partial charge in [-0.15, -0.1) is 0 Å². The molecule has 0 bridgehead atoms. The fourth-order valence-electron chi connectivity index (χ4n) is 4.19. The summed E-state index contributed by atoms with van der Waals surface area (Å²) < 4.78 is 0. The predicted molar refractivity (Wildman–Crippen MR) is 120 cm³/mol. The Bertz CT molecular complexity index is 1200. The minimum atomic E-state index is -0.747. The van der Waals surface area contributed by atoms with Gasteiger partial charge in [-0.3, -0.25) is 14.4 Å². The maximum absolute atomic E-state index is 12.9. The van der Waals surface area contributed by atoms with Gasteiger partial charge in [-0.05, 0) is 0 Å². The predicted octanol–water partition coefficient (Wildman–Crippen LogP) is 5.77. The molecule has 4 rings (SSSR count). The van der Waals surface area contributed by atoms with Crippen LogP contribution in [0.15, 0.2) is 77.9 Å². The Hall–Kier alpha value is -3.53. The van der Waals surface area contributed by atoms with Gasteiger partial charge in [-0.2, -0.15) is 0 Å². The summed E-state index contributed by atoms with van der Waals surface area (Å²) in [6, 6.07) is 13.8. The Kier molecular flexibility index (Phi) is 4.69. The van der Waals surface area contributed by atoms with E-state index >= 15 is 0 Å². The average molecular weight is 412 g/mol. The molecule has 2 aromatic carbocycles. The molecular weight excluding hydrogens is 388 g/mol. The number of ketones is 3. The molecule has 0 fully saturated rings. The Morgan fingerprint density at radius 1 is 0.677 bits per heavy atom. The number of rotatable bonds is 4. The Morgan fingerprint density at radius 3 is 1.61 bits per heavy atom. The van der Waals surface area contributed by atoms with Crippen LogP contribution in [-0.4, -0.2) is 22.5 Å². The molecule has 0 atom stereocenters. The highest BCUT2D eigenvalue weighted by atomic mass is 16.3. The van der Waals surface area contributed by atoms with Crippen molar-refractivity contribution in [2.45, 2.75) is 27.7 Å². The smallest absolute Gasteiger partial charge is 0.197 e. The van der Waals surface area contributed by atoms with Gasteiger partial charge in [0.05, 0.1) is 11.1 Å². The molecule has 0 spiro atoms. The third-order valence-electron chi connectivity index (χ3n) is 5.89. The summed E-state index contributed by atoms with van der Waals surface area (Å²) in [5, 5.41) is 10.7. The second-order valence-electron chi connectivity index (χ2n) is 9.24. The van der Waals surface area contributed by atoms with E-state index in [9.17, 15) is 19.5 Å². The SMILES string of the molecule is CC(C)(C=CC(C)(C)C1=C(O)c2ccccc2C1=O)C=C1C(=O)c2ccccc2C1=O. The number of hydrogen-bond donors (Lipinski definition) is 1. The summed E-state index contributed by atoms with van der Waals surface area (Å²) in [4.78, 5) is 38.3. The average Bonchev–Trinajstić information content (AvgIpc) is 3.13. The fourth-order valence-corrected chi connectivity index (χ4v) is 4.19. The molecular formula is C27H24O4. The number of hydrogen-bond acceptors (Lipinski definition) is 4. The molecule has 31 heavy (non-hydrogen) atoms. The molecule has 156 valence electrons. The highest BCUT2D eigenvalue weighted by Crippen LogP contribution is 2.42. The van der Waals surface area contributed by atoms with Gasteiger partial charge in [0.15, 0.2) is 17.3 Å². The monoisotopic (exact) mass is 412 g/mol. The molecule has 0 radical (unpaired) electrons. The lowest BCUT2D eigenvalue weighted by molar-refractivity contribution is 0.0983. The van der Waals surface area contributed by atoms with E-state index in [-0.39, 0.29) is 28.7 Å². The molecule has 0 aliphatic heterocycles. The summed E-state index contributed by atoms with van der Waals surface area (Å²) in [7, 11) is 0. The lowest BCUT2D eigenvalue weighted by atomic mass is 9.79. The van der Waals surface area contributed by atoms with Gasteiger partial charge in [0, 0.05) is 33.1 Å². The number of carbonyl (C=O) groups is 3. The lowest BCUT2D eigenvalue weighted by Gasteiger charge is -2.24. The van der Waals surface area contributed by atoms with E-state index in [4.69, 9.17) is 0 Å². The van der Waals surface area contributed by atoms with Crippen molar-refractivity contribution in [3.8, 4) is 0 Å². The maximum atomic E-state index is 12.9. The summed E-state index contributed by atoms with van der Waals surface area (Å²) in [5.41, 5.74) is 1.05. The van der Waals surface area contributed by atoms with Gasteiger partial charge in [0.2, 0.25) is 0 Å². The molecule has 1 N–H and O–H groups in total. The molecule has 0 amide bonds. The van der Waals surface area contributed by atoms with Crippen LogP contribution in [0.2, 0.25) is 0 Å². The van der Waals surface area contributed by atoms with Crippen LogP contribution in [0.4, 0.5) is 0 Å². The van der Waals surface area contributed by atoms with Crippen molar-refractivity contribution in [2.24, 2.45) is 10.8 Å². The van der Waals surface area contributed by atoms with E-state index in [1.165, 1.54) is 0 Å². The number of benzene rings is 2. The number of carbonyl (C=O) groups excluding carboxylic acids is 3. The molecule has 2 aliphatic rings. The van der Waals surface area contributed by atoms with Crippen molar-refractivity contribution >= 4 is 23.1 Å². The van der Waals surface area contributed by atoms with Crippen LogP contribution < -0.4 is 0 Å². The Morgan fingerprint density at radius 2 is 1.13 bits per heavy atom. The molecule has 0 unspecified atom stereocenters. The van der Waals surface area contributed by atoms with Crippen molar-refractivity contribution in [3.63, 3.8) is 0 Å². The van der Waals surface area contributed by atoms with Crippen molar-refractivity contribution in [2.75, 3.05) is 0 Å². The fraction of sp³-hybridized carbons (Fsp3) is 0.222. The van der Waals surface area contributed by atoms with Crippen LogP contribution >= 0.6 is 0 Å². The minimum Gasteiger partial charge on any atom is -0.507 e. The topological polar surface area (TPSA) is 71.4 Å². The first-order chi connectivity index (χ1) is 14.5. The lowest BCUT2D eigenvalue weighted by Crippen LogP contribution is -2.19. The van der Waals surface area contributed by atoms with Crippen molar-refractivity contribution in [3.05, 3.63) is 100 Å². The van der Waals surface area contributed by atoms with Crippen LogP contribution in [-0.2, 0) is 0 Å². The second kappa shape index (κ2) is 7.02. The van der Waals surface area contributed by atoms with Gasteiger partial charge in [0.1, 0.15) is 5.76 Å². The van der Waals surface area contributed by atoms with Crippen LogP contribution in [0, 0.1) is 10.8 Å². The summed E-state index contributed by atoms with van der Waals surface area (Å²) in [6.45, 7) is 7.53. The van der Waals surface area contributed by atoms with E-state index in [1.54, 1.807) is 54.6 Å². The third kappa shape index (κ3) is 3.38. The molecule has 0 aromatic heterocycles. The zero-order valence-corrected chi connectivity index (χ0v) is 18.0. The molecule has 0 saturated heterocycles. The molecule has 2 aliphatic carbocycles. The van der Waals surface area contributed by atoms with Gasteiger partial charge in [-0.25, -0.2) is 0 Å². The first-order valence-electron chi connectivity index (χ1n) is 10.2. The van der Waals surface area contributed by atoms with Crippen LogP contribution in [0.1, 0.15) is 64.3 Å². The van der Waals surface area contributed by atoms with E-state index in [1.807, 2.05) is 39.8 Å². The number of Topliss-reactive ketones (excluding diaryl/α,β-unsaturated/α-hetero) is 3. The number of aliphatic hydroxyl groups is 1. The van der Waals surface area contributed by atoms with Crippen LogP contribution in [0.3, 0.4) is 0 Å². The van der Waals surface area contributed by atoms with Crippen molar-refractivity contribution in [1.29, 1.82) is 0 Å². The number of fused-ring (bicyclic) bond motifs is 2. The Balaban J connectivity index is 1.65. The quantitative estimate of drug-likeness (QED) is 0.393. The molecule has 4 nitrogen and oxygen atoms in total. The van der Waals surface area contributed by atoms with Gasteiger partial charge < -0.3 is 5.11 Å². The van der Waals surface area contributed by atoms with Crippen molar-refractivity contribution in [1.82, 2.24) is 0 Å². The highest BCUT2D eigenvalue weighted by Gasteiger charge is 2.38. The van der Waals surface area contributed by atoms with Crippen LogP contribution in [0.25, 0.3) is 5.76 Å². The first kappa shape index (κ1) is 20.7. The summed E-state index contributed by atoms with van der Waals surface area (Å²) >= 11 is 0. The minimum absolute atomic E-state index is 0.00279. The normalized spacial score (nSPS) is 16.4. The zero-order chi connectivity index (χ0) is 22.6. The van der Waals surface area contributed by atoms with Gasteiger partial charge in [-0.1, -0.05) is 94.5 Å².